The van der Waals surface area contributed by atoms with Gasteiger partial charge in [0, 0.05) is 33.4 Å². The number of rotatable bonds is 5. The molecule has 0 unspecified atom stereocenters. The van der Waals surface area contributed by atoms with Crippen LogP contribution in [0.1, 0.15) is 32.6 Å². The molecular weight excluding hydrogens is 204 g/mol. The van der Waals surface area contributed by atoms with Gasteiger partial charge in [-0.05, 0) is 25.2 Å². The van der Waals surface area contributed by atoms with E-state index >= 15 is 0 Å². The first-order chi connectivity index (χ1) is 7.74. The van der Waals surface area contributed by atoms with Crippen LogP contribution in [0.2, 0.25) is 0 Å². The predicted molar refractivity (Wildman–Crippen MR) is 64.5 cm³/mol. The van der Waals surface area contributed by atoms with E-state index < -0.39 is 0 Å². The van der Waals surface area contributed by atoms with Crippen molar-refractivity contribution in [1.29, 1.82) is 0 Å². The topological polar surface area (TPSA) is 41.6 Å². The van der Waals surface area contributed by atoms with Crippen LogP contribution in [0.5, 0.6) is 0 Å². The molecule has 0 bridgehead atoms. The average Bonchev–Trinajstić information content (AvgIpc) is 2.34. The summed E-state index contributed by atoms with van der Waals surface area (Å²) in [6.07, 6.45) is 4.33. The van der Waals surface area contributed by atoms with E-state index in [1.165, 1.54) is 0 Å². The van der Waals surface area contributed by atoms with Crippen molar-refractivity contribution < 1.29 is 9.53 Å². The van der Waals surface area contributed by atoms with Crippen LogP contribution in [-0.4, -0.2) is 44.3 Å². The van der Waals surface area contributed by atoms with Gasteiger partial charge in [-0.3, -0.25) is 0 Å². The Hall–Kier alpha value is -0.770. The van der Waals surface area contributed by atoms with Gasteiger partial charge in [-0.2, -0.15) is 0 Å². The number of urea groups is 1. The molecule has 1 fully saturated rings. The van der Waals surface area contributed by atoms with Crippen LogP contribution in [0.3, 0.4) is 0 Å². The standard InChI is InChI=1S/C12H24N2O2/c1-3-4-7-14(2)12(15)13-10-11-5-8-16-9-6-11/h11H,3-10H2,1-2H3,(H,13,15). The number of amides is 2. The first kappa shape index (κ1) is 13.3. The molecule has 0 saturated carbocycles. The maximum Gasteiger partial charge on any atom is 0.317 e. The van der Waals surface area contributed by atoms with Crippen molar-refractivity contribution in [2.75, 3.05) is 33.4 Å². The van der Waals surface area contributed by atoms with Crippen LogP contribution in [-0.2, 0) is 4.74 Å². The van der Waals surface area contributed by atoms with Crippen LogP contribution in [0, 0.1) is 5.92 Å². The maximum absolute atomic E-state index is 11.7. The second-order valence-corrected chi connectivity index (χ2v) is 4.52. The zero-order chi connectivity index (χ0) is 11.8. The summed E-state index contributed by atoms with van der Waals surface area (Å²) in [7, 11) is 1.86. The number of nitrogens with zero attached hydrogens (tertiary/aromatic N) is 1. The number of carbonyl (C=O) groups excluding carboxylic acids is 1. The molecule has 0 aromatic rings. The summed E-state index contributed by atoms with van der Waals surface area (Å²) < 4.78 is 5.28. The van der Waals surface area contributed by atoms with Gasteiger partial charge in [0.1, 0.15) is 0 Å². The molecule has 0 radical (unpaired) electrons. The predicted octanol–water partition coefficient (Wildman–Crippen LogP) is 1.85. The Kier molecular flexibility index (Phi) is 6.23. The molecular formula is C12H24N2O2. The monoisotopic (exact) mass is 228 g/mol. The molecule has 1 aliphatic heterocycles. The quantitative estimate of drug-likeness (QED) is 0.780. The smallest absolute Gasteiger partial charge is 0.317 e. The molecule has 4 nitrogen and oxygen atoms in total. The fourth-order valence-corrected chi connectivity index (χ4v) is 1.81. The van der Waals surface area contributed by atoms with E-state index in [4.69, 9.17) is 4.74 Å². The van der Waals surface area contributed by atoms with Crippen LogP contribution in [0.15, 0.2) is 0 Å². The largest absolute Gasteiger partial charge is 0.381 e. The number of ether oxygens (including phenoxy) is 1. The Bertz CT molecular complexity index is 203. The molecule has 1 aliphatic rings. The Morgan fingerprint density at radius 3 is 2.75 bits per heavy atom. The van der Waals surface area contributed by atoms with E-state index in [1.807, 2.05) is 7.05 Å². The number of carbonyl (C=O) groups is 1. The molecule has 1 N–H and O–H groups in total. The number of unbranched alkanes of at least 4 members (excludes halogenated alkanes) is 1. The van der Waals surface area contributed by atoms with E-state index in [9.17, 15) is 4.79 Å². The second-order valence-electron chi connectivity index (χ2n) is 4.52. The van der Waals surface area contributed by atoms with Gasteiger partial charge in [-0.1, -0.05) is 13.3 Å². The van der Waals surface area contributed by atoms with Crippen molar-refractivity contribution in [2.24, 2.45) is 5.92 Å². The third kappa shape index (κ3) is 4.84. The van der Waals surface area contributed by atoms with E-state index in [-0.39, 0.29) is 6.03 Å². The van der Waals surface area contributed by atoms with Crippen molar-refractivity contribution in [2.45, 2.75) is 32.6 Å². The summed E-state index contributed by atoms with van der Waals surface area (Å²) in [5.41, 5.74) is 0. The fraction of sp³-hybridized carbons (Fsp3) is 0.917. The lowest BCUT2D eigenvalue weighted by Crippen LogP contribution is -2.40. The van der Waals surface area contributed by atoms with Crippen molar-refractivity contribution >= 4 is 6.03 Å². The Morgan fingerprint density at radius 2 is 2.12 bits per heavy atom. The van der Waals surface area contributed by atoms with Gasteiger partial charge in [0.15, 0.2) is 0 Å². The highest BCUT2D eigenvalue weighted by molar-refractivity contribution is 5.73. The molecule has 2 amide bonds. The van der Waals surface area contributed by atoms with Crippen molar-refractivity contribution in [3.05, 3.63) is 0 Å². The zero-order valence-corrected chi connectivity index (χ0v) is 10.5. The molecule has 0 aromatic heterocycles. The minimum atomic E-state index is 0.0555. The van der Waals surface area contributed by atoms with E-state index in [1.54, 1.807) is 4.90 Å². The van der Waals surface area contributed by atoms with Gasteiger partial charge in [0.05, 0.1) is 0 Å². The van der Waals surface area contributed by atoms with E-state index in [0.717, 1.165) is 52.0 Å². The molecule has 0 aromatic carbocycles. The van der Waals surface area contributed by atoms with Gasteiger partial charge in [-0.25, -0.2) is 4.79 Å². The van der Waals surface area contributed by atoms with Gasteiger partial charge < -0.3 is 15.0 Å². The lowest BCUT2D eigenvalue weighted by Gasteiger charge is -2.24. The molecule has 1 saturated heterocycles. The minimum Gasteiger partial charge on any atom is -0.381 e. The molecule has 0 aliphatic carbocycles. The number of hydrogen-bond donors (Lipinski definition) is 1. The average molecular weight is 228 g/mol. The molecule has 94 valence electrons. The molecule has 4 heteroatoms. The summed E-state index contributed by atoms with van der Waals surface area (Å²) >= 11 is 0. The highest BCUT2D eigenvalue weighted by Crippen LogP contribution is 2.13. The molecule has 1 heterocycles. The van der Waals surface area contributed by atoms with E-state index in [2.05, 4.69) is 12.2 Å². The maximum atomic E-state index is 11.7. The lowest BCUT2D eigenvalue weighted by atomic mass is 10.0. The summed E-state index contributed by atoms with van der Waals surface area (Å²) in [6, 6.07) is 0.0555. The normalized spacial score (nSPS) is 17.1. The van der Waals surface area contributed by atoms with Crippen LogP contribution in [0.25, 0.3) is 0 Å². The Morgan fingerprint density at radius 1 is 1.44 bits per heavy atom. The van der Waals surface area contributed by atoms with Crippen LogP contribution < -0.4 is 5.32 Å². The lowest BCUT2D eigenvalue weighted by molar-refractivity contribution is 0.0665. The first-order valence-corrected chi connectivity index (χ1v) is 6.30. The zero-order valence-electron chi connectivity index (χ0n) is 10.5. The number of nitrogens with one attached hydrogen (secondary N) is 1. The Labute approximate surface area is 98.3 Å². The third-order valence-corrected chi connectivity index (χ3v) is 3.08. The van der Waals surface area contributed by atoms with Crippen LogP contribution in [0.4, 0.5) is 4.79 Å². The fourth-order valence-electron chi connectivity index (χ4n) is 1.81. The second kappa shape index (κ2) is 7.49. The molecule has 0 spiro atoms. The summed E-state index contributed by atoms with van der Waals surface area (Å²) in [4.78, 5) is 13.4. The third-order valence-electron chi connectivity index (χ3n) is 3.08. The van der Waals surface area contributed by atoms with Crippen molar-refractivity contribution in [1.82, 2.24) is 10.2 Å². The molecule has 1 rings (SSSR count). The van der Waals surface area contributed by atoms with Crippen molar-refractivity contribution in [3.8, 4) is 0 Å². The molecule has 0 atom stereocenters. The summed E-state index contributed by atoms with van der Waals surface area (Å²) in [5.74, 6) is 0.595. The van der Waals surface area contributed by atoms with Crippen LogP contribution >= 0.6 is 0 Å². The van der Waals surface area contributed by atoms with Gasteiger partial charge in [0.2, 0.25) is 0 Å². The highest BCUT2D eigenvalue weighted by atomic mass is 16.5. The minimum absolute atomic E-state index is 0.0555. The summed E-state index contributed by atoms with van der Waals surface area (Å²) in [6.45, 7) is 5.45. The van der Waals surface area contributed by atoms with Gasteiger partial charge >= 0.3 is 6.03 Å². The highest BCUT2D eigenvalue weighted by Gasteiger charge is 2.15. The first-order valence-electron chi connectivity index (χ1n) is 6.30. The van der Waals surface area contributed by atoms with E-state index in [0.29, 0.717) is 5.92 Å². The summed E-state index contributed by atoms with van der Waals surface area (Å²) in [5, 5.41) is 2.99. The molecule has 16 heavy (non-hydrogen) atoms. The SMILES string of the molecule is CCCCN(C)C(=O)NCC1CCOCC1. The van der Waals surface area contributed by atoms with Crippen molar-refractivity contribution in [3.63, 3.8) is 0 Å². The Balaban J connectivity index is 2.12. The van der Waals surface area contributed by atoms with Gasteiger partial charge in [0.25, 0.3) is 0 Å². The number of hydrogen-bond acceptors (Lipinski definition) is 2. The van der Waals surface area contributed by atoms with Gasteiger partial charge in [-0.15, -0.1) is 0 Å².